The van der Waals surface area contributed by atoms with Crippen LogP contribution in [0.3, 0.4) is 0 Å². The fourth-order valence-corrected chi connectivity index (χ4v) is 3.95. The predicted molar refractivity (Wildman–Crippen MR) is 117 cm³/mol. The molecule has 2 aromatic carbocycles. The zero-order chi connectivity index (χ0) is 20.9. The Kier molecular flexibility index (Phi) is 6.13. The van der Waals surface area contributed by atoms with Crippen molar-refractivity contribution in [2.24, 2.45) is 0 Å². The molecule has 0 N–H and O–H groups in total. The maximum atomic E-state index is 13.0. The van der Waals surface area contributed by atoms with Crippen molar-refractivity contribution in [2.75, 3.05) is 38.2 Å². The highest BCUT2D eigenvalue weighted by Gasteiger charge is 2.22. The molecule has 0 spiro atoms. The Bertz CT molecular complexity index is 998. The van der Waals surface area contributed by atoms with E-state index in [9.17, 15) is 4.79 Å². The largest absolute Gasteiger partial charge is 0.497 e. The van der Waals surface area contributed by atoms with Crippen LogP contribution in [0, 0.1) is 6.92 Å². The van der Waals surface area contributed by atoms with Gasteiger partial charge >= 0.3 is 0 Å². The van der Waals surface area contributed by atoms with Crippen molar-refractivity contribution in [3.05, 3.63) is 65.5 Å². The second-order valence-corrected chi connectivity index (χ2v) is 7.62. The van der Waals surface area contributed by atoms with Crippen molar-refractivity contribution >= 4 is 23.3 Å². The number of ether oxygens (including phenoxy) is 2. The van der Waals surface area contributed by atoms with Crippen LogP contribution in [0.1, 0.15) is 21.7 Å². The topological polar surface area (TPSA) is 67.8 Å². The van der Waals surface area contributed by atoms with E-state index in [4.69, 9.17) is 9.47 Å². The molecule has 0 bridgehead atoms. The number of nitrogens with zero attached hydrogens (tertiary/aromatic N) is 4. The van der Waals surface area contributed by atoms with Gasteiger partial charge in [-0.1, -0.05) is 6.07 Å². The smallest absolute Gasteiger partial charge is 0.254 e. The van der Waals surface area contributed by atoms with E-state index in [-0.39, 0.29) is 5.91 Å². The Morgan fingerprint density at radius 1 is 1.03 bits per heavy atom. The number of rotatable bonds is 6. The highest BCUT2D eigenvalue weighted by atomic mass is 32.1. The third-order valence-electron chi connectivity index (χ3n) is 5.21. The molecule has 0 radical (unpaired) electrons. The number of amides is 1. The molecule has 1 amide bonds. The number of anilines is 1. The fourth-order valence-electron chi connectivity index (χ4n) is 3.39. The monoisotopic (exact) mass is 424 g/mol. The van der Waals surface area contributed by atoms with E-state index in [1.165, 1.54) is 11.7 Å². The maximum absolute atomic E-state index is 13.0. The maximum Gasteiger partial charge on any atom is 0.254 e. The van der Waals surface area contributed by atoms with Crippen LogP contribution in [-0.4, -0.2) is 52.8 Å². The number of hydrogen-bond donors (Lipinski definition) is 0. The van der Waals surface area contributed by atoms with Crippen molar-refractivity contribution in [3.8, 4) is 11.5 Å². The zero-order valence-corrected chi connectivity index (χ0v) is 17.9. The van der Waals surface area contributed by atoms with Crippen molar-refractivity contribution in [2.45, 2.75) is 13.5 Å². The van der Waals surface area contributed by atoms with Crippen molar-refractivity contribution in [1.29, 1.82) is 0 Å². The molecule has 1 aliphatic rings. The predicted octanol–water partition coefficient (Wildman–Crippen LogP) is 3.40. The highest BCUT2D eigenvalue weighted by molar-refractivity contribution is 6.99. The first-order valence-corrected chi connectivity index (χ1v) is 10.6. The number of carbonyl (C=O) groups is 1. The minimum absolute atomic E-state index is 0.0290. The minimum Gasteiger partial charge on any atom is -0.497 e. The van der Waals surface area contributed by atoms with E-state index in [0.29, 0.717) is 31.0 Å². The Balaban J connectivity index is 1.35. The van der Waals surface area contributed by atoms with E-state index in [1.807, 2.05) is 42.2 Å². The molecule has 7 nitrogen and oxygen atoms in total. The first-order valence-electron chi connectivity index (χ1n) is 9.83. The zero-order valence-electron chi connectivity index (χ0n) is 17.1. The Labute approximate surface area is 180 Å². The van der Waals surface area contributed by atoms with Gasteiger partial charge in [0.2, 0.25) is 0 Å². The van der Waals surface area contributed by atoms with Gasteiger partial charge in [-0.05, 0) is 49.4 Å². The molecule has 30 heavy (non-hydrogen) atoms. The van der Waals surface area contributed by atoms with Crippen LogP contribution in [0.25, 0.3) is 0 Å². The molecule has 0 saturated carbocycles. The SMILES string of the molecule is COc1ccc(N2CCN(C(=O)c3cccc(OCc4nsnc4C)c3)CC2)cc1. The molecule has 2 heterocycles. The van der Waals surface area contributed by atoms with Gasteiger partial charge in [0.15, 0.2) is 0 Å². The standard InChI is InChI=1S/C22H24N4O3S/c1-16-21(24-30-23-16)15-29-20-5-3-4-17(14-20)22(27)26-12-10-25(11-13-26)18-6-8-19(28-2)9-7-18/h3-9,14H,10-13,15H2,1-2H3. The van der Waals surface area contributed by atoms with Gasteiger partial charge in [-0.25, -0.2) is 0 Å². The molecule has 156 valence electrons. The molecule has 3 aromatic rings. The molecule has 1 fully saturated rings. The average Bonchev–Trinajstić information content (AvgIpc) is 3.22. The molecule has 8 heteroatoms. The summed E-state index contributed by atoms with van der Waals surface area (Å²) in [6.45, 7) is 5.21. The molecule has 4 rings (SSSR count). The van der Waals surface area contributed by atoms with Gasteiger partial charge in [0.1, 0.15) is 23.8 Å². The number of benzene rings is 2. The van der Waals surface area contributed by atoms with Crippen LogP contribution >= 0.6 is 11.7 Å². The Hall–Kier alpha value is -3.13. The lowest BCUT2D eigenvalue weighted by atomic mass is 10.1. The molecular formula is C22H24N4O3S. The number of methoxy groups -OCH3 is 1. The molecule has 0 atom stereocenters. The van der Waals surface area contributed by atoms with Crippen LogP contribution < -0.4 is 14.4 Å². The summed E-state index contributed by atoms with van der Waals surface area (Å²) in [5.41, 5.74) is 3.48. The Morgan fingerprint density at radius 3 is 2.47 bits per heavy atom. The second-order valence-electron chi connectivity index (χ2n) is 7.09. The van der Waals surface area contributed by atoms with Crippen LogP contribution in [0.2, 0.25) is 0 Å². The summed E-state index contributed by atoms with van der Waals surface area (Å²) in [5, 5.41) is 0. The molecule has 1 aromatic heterocycles. The summed E-state index contributed by atoms with van der Waals surface area (Å²) in [7, 11) is 1.66. The first-order chi connectivity index (χ1) is 14.6. The van der Waals surface area contributed by atoms with Gasteiger partial charge in [0.05, 0.1) is 24.5 Å². The summed E-state index contributed by atoms with van der Waals surface area (Å²) >= 11 is 1.18. The summed E-state index contributed by atoms with van der Waals surface area (Å²) in [4.78, 5) is 17.2. The lowest BCUT2D eigenvalue weighted by Crippen LogP contribution is -2.48. The van der Waals surface area contributed by atoms with Crippen molar-refractivity contribution < 1.29 is 14.3 Å². The number of piperazine rings is 1. The fraction of sp³-hybridized carbons (Fsp3) is 0.318. The molecule has 1 saturated heterocycles. The molecule has 0 aliphatic carbocycles. The summed E-state index contributed by atoms with van der Waals surface area (Å²) in [6, 6.07) is 15.4. The minimum atomic E-state index is 0.0290. The third kappa shape index (κ3) is 4.54. The van der Waals surface area contributed by atoms with E-state index in [1.54, 1.807) is 13.2 Å². The van der Waals surface area contributed by atoms with Crippen LogP contribution in [0.15, 0.2) is 48.5 Å². The Morgan fingerprint density at radius 2 is 1.80 bits per heavy atom. The number of aryl methyl sites for hydroxylation is 1. The second kappa shape index (κ2) is 9.13. The van der Waals surface area contributed by atoms with Gasteiger partial charge in [0, 0.05) is 37.4 Å². The van der Waals surface area contributed by atoms with Gasteiger partial charge in [-0.3, -0.25) is 4.79 Å². The van der Waals surface area contributed by atoms with E-state index < -0.39 is 0 Å². The number of aromatic nitrogens is 2. The molecule has 1 aliphatic heterocycles. The lowest BCUT2D eigenvalue weighted by Gasteiger charge is -2.36. The summed E-state index contributed by atoms with van der Waals surface area (Å²) in [5.74, 6) is 1.53. The summed E-state index contributed by atoms with van der Waals surface area (Å²) in [6.07, 6.45) is 0. The van der Waals surface area contributed by atoms with Crippen molar-refractivity contribution in [3.63, 3.8) is 0 Å². The van der Waals surface area contributed by atoms with Crippen molar-refractivity contribution in [1.82, 2.24) is 13.6 Å². The van der Waals surface area contributed by atoms with Crippen LogP contribution in [0.5, 0.6) is 11.5 Å². The molecule has 0 unspecified atom stereocenters. The third-order valence-corrected chi connectivity index (χ3v) is 5.86. The first kappa shape index (κ1) is 20.2. The van der Waals surface area contributed by atoms with E-state index in [2.05, 4.69) is 25.8 Å². The van der Waals surface area contributed by atoms with Gasteiger partial charge < -0.3 is 19.3 Å². The number of carbonyl (C=O) groups excluding carboxylic acids is 1. The van der Waals surface area contributed by atoms with Gasteiger partial charge in [-0.2, -0.15) is 8.75 Å². The average molecular weight is 425 g/mol. The van der Waals surface area contributed by atoms with E-state index in [0.717, 1.165) is 35.9 Å². The number of hydrogen-bond acceptors (Lipinski definition) is 7. The van der Waals surface area contributed by atoms with E-state index >= 15 is 0 Å². The van der Waals surface area contributed by atoms with Crippen LogP contribution in [-0.2, 0) is 6.61 Å². The van der Waals surface area contributed by atoms with Gasteiger partial charge in [-0.15, -0.1) is 0 Å². The van der Waals surface area contributed by atoms with Gasteiger partial charge in [0.25, 0.3) is 5.91 Å². The highest BCUT2D eigenvalue weighted by Crippen LogP contribution is 2.22. The van der Waals surface area contributed by atoms with Crippen LogP contribution in [0.4, 0.5) is 5.69 Å². The quantitative estimate of drug-likeness (QED) is 0.604. The normalized spacial score (nSPS) is 13.9. The summed E-state index contributed by atoms with van der Waals surface area (Å²) < 4.78 is 19.4. The molecular weight excluding hydrogens is 400 g/mol. The lowest BCUT2D eigenvalue weighted by molar-refractivity contribution is 0.0746.